The lowest BCUT2D eigenvalue weighted by Crippen LogP contribution is -2.43. The van der Waals surface area contributed by atoms with Gasteiger partial charge in [0.15, 0.2) is 0 Å². The first-order valence-corrected chi connectivity index (χ1v) is 7.60. The van der Waals surface area contributed by atoms with E-state index >= 15 is 0 Å². The molecule has 4 nitrogen and oxygen atoms in total. The number of para-hydroxylation sites is 1. The Morgan fingerprint density at radius 3 is 2.48 bits per heavy atom. The molecule has 0 spiro atoms. The number of nitrogens with zero attached hydrogens (tertiary/aromatic N) is 1. The Hall–Kier alpha value is -1.10. The highest BCUT2D eigenvalue weighted by molar-refractivity contribution is 5.33. The molecule has 0 aliphatic rings. The first-order valence-electron chi connectivity index (χ1n) is 7.60. The van der Waals surface area contributed by atoms with Gasteiger partial charge in [0, 0.05) is 31.8 Å². The zero-order valence-corrected chi connectivity index (χ0v) is 14.1. The van der Waals surface area contributed by atoms with Crippen LogP contribution in [0.25, 0.3) is 0 Å². The molecule has 0 aromatic heterocycles. The van der Waals surface area contributed by atoms with Gasteiger partial charge in [0.1, 0.15) is 5.75 Å². The van der Waals surface area contributed by atoms with Crippen molar-refractivity contribution in [2.24, 2.45) is 5.92 Å². The van der Waals surface area contributed by atoms with Gasteiger partial charge in [-0.05, 0) is 25.6 Å². The van der Waals surface area contributed by atoms with Gasteiger partial charge in [-0.2, -0.15) is 0 Å². The topological polar surface area (TPSA) is 33.7 Å². The van der Waals surface area contributed by atoms with E-state index < -0.39 is 0 Å². The van der Waals surface area contributed by atoms with Crippen molar-refractivity contribution in [2.45, 2.75) is 26.4 Å². The number of benzene rings is 1. The molecule has 0 heterocycles. The summed E-state index contributed by atoms with van der Waals surface area (Å²) in [6.45, 7) is 7.96. The van der Waals surface area contributed by atoms with Gasteiger partial charge in [0.2, 0.25) is 0 Å². The summed E-state index contributed by atoms with van der Waals surface area (Å²) in [5, 5.41) is 3.51. The summed E-state index contributed by atoms with van der Waals surface area (Å²) in [6.07, 6.45) is 0. The second-order valence-corrected chi connectivity index (χ2v) is 5.89. The van der Waals surface area contributed by atoms with Crippen LogP contribution < -0.4 is 10.1 Å². The molecular weight excluding hydrogens is 264 g/mol. The van der Waals surface area contributed by atoms with Crippen LogP contribution in [0, 0.1) is 5.92 Å². The predicted molar refractivity (Wildman–Crippen MR) is 87.8 cm³/mol. The largest absolute Gasteiger partial charge is 0.496 e. The van der Waals surface area contributed by atoms with E-state index in [0.717, 1.165) is 32.0 Å². The van der Waals surface area contributed by atoms with Crippen molar-refractivity contribution >= 4 is 0 Å². The van der Waals surface area contributed by atoms with Crippen molar-refractivity contribution in [1.29, 1.82) is 0 Å². The molecule has 0 amide bonds. The van der Waals surface area contributed by atoms with Gasteiger partial charge in [0.25, 0.3) is 0 Å². The number of nitrogens with one attached hydrogen (secondary N) is 1. The Kier molecular flexibility index (Phi) is 8.35. The number of hydrogen-bond donors (Lipinski definition) is 1. The number of ether oxygens (including phenoxy) is 2. The molecule has 0 fully saturated rings. The van der Waals surface area contributed by atoms with Crippen LogP contribution in [0.15, 0.2) is 24.3 Å². The maximum absolute atomic E-state index is 5.42. The van der Waals surface area contributed by atoms with Crippen LogP contribution in [0.2, 0.25) is 0 Å². The van der Waals surface area contributed by atoms with Crippen molar-refractivity contribution in [1.82, 2.24) is 10.2 Å². The van der Waals surface area contributed by atoms with Gasteiger partial charge >= 0.3 is 0 Å². The Bertz CT molecular complexity index is 396. The van der Waals surface area contributed by atoms with E-state index in [0.29, 0.717) is 12.0 Å². The van der Waals surface area contributed by atoms with Crippen LogP contribution >= 0.6 is 0 Å². The maximum Gasteiger partial charge on any atom is 0.123 e. The van der Waals surface area contributed by atoms with E-state index in [-0.39, 0.29) is 0 Å². The number of hydrogen-bond acceptors (Lipinski definition) is 4. The summed E-state index contributed by atoms with van der Waals surface area (Å²) in [4.78, 5) is 2.31. The number of likely N-dealkylation sites (N-methyl/N-ethyl adjacent to an activating group) is 1. The molecule has 1 N–H and O–H groups in total. The Labute approximate surface area is 129 Å². The summed E-state index contributed by atoms with van der Waals surface area (Å²) >= 11 is 0. The zero-order valence-electron chi connectivity index (χ0n) is 14.1. The molecule has 21 heavy (non-hydrogen) atoms. The maximum atomic E-state index is 5.42. The van der Waals surface area contributed by atoms with E-state index in [1.165, 1.54) is 5.56 Å². The second-order valence-electron chi connectivity index (χ2n) is 5.89. The molecule has 1 aromatic rings. The van der Waals surface area contributed by atoms with Gasteiger partial charge in [-0.15, -0.1) is 0 Å². The lowest BCUT2D eigenvalue weighted by molar-refractivity contribution is 0.100. The van der Waals surface area contributed by atoms with Crippen LogP contribution in [0.3, 0.4) is 0 Å². The fraction of sp³-hybridized carbons (Fsp3) is 0.647. The van der Waals surface area contributed by atoms with Crippen LogP contribution in [-0.2, 0) is 11.3 Å². The van der Waals surface area contributed by atoms with Gasteiger partial charge in [-0.1, -0.05) is 32.0 Å². The molecule has 120 valence electrons. The lowest BCUT2D eigenvalue weighted by atomic mass is 10.1. The summed E-state index contributed by atoms with van der Waals surface area (Å²) in [5.41, 5.74) is 1.20. The molecular formula is C17H30N2O2. The van der Waals surface area contributed by atoms with Gasteiger partial charge in [-0.3, -0.25) is 4.90 Å². The van der Waals surface area contributed by atoms with Crippen molar-refractivity contribution in [3.8, 4) is 5.75 Å². The fourth-order valence-electron chi connectivity index (χ4n) is 2.30. The van der Waals surface area contributed by atoms with E-state index in [1.54, 1.807) is 14.2 Å². The standard InChI is InChI=1S/C17H30N2O2/c1-14(2)10-18-11-16(13-20-4)19(3)12-15-8-6-7-9-17(15)21-5/h6-9,14,16,18H,10-13H2,1-5H3. The third kappa shape index (κ3) is 6.46. The highest BCUT2D eigenvalue weighted by atomic mass is 16.5. The monoisotopic (exact) mass is 294 g/mol. The molecule has 0 radical (unpaired) electrons. The Balaban J connectivity index is 2.60. The highest BCUT2D eigenvalue weighted by Crippen LogP contribution is 2.19. The summed E-state index contributed by atoms with van der Waals surface area (Å²) in [5.74, 6) is 1.60. The summed E-state index contributed by atoms with van der Waals surface area (Å²) in [7, 11) is 5.61. The van der Waals surface area contributed by atoms with Gasteiger partial charge in [-0.25, -0.2) is 0 Å². The average molecular weight is 294 g/mol. The third-order valence-electron chi connectivity index (χ3n) is 3.53. The molecule has 0 saturated heterocycles. The molecule has 1 unspecified atom stereocenters. The minimum atomic E-state index is 0.346. The van der Waals surface area contributed by atoms with Crippen LogP contribution in [0.1, 0.15) is 19.4 Å². The molecule has 0 aliphatic heterocycles. The number of methoxy groups -OCH3 is 2. The molecule has 1 atom stereocenters. The SMILES string of the molecule is COCC(CNCC(C)C)N(C)Cc1ccccc1OC. The summed E-state index contributed by atoms with van der Waals surface area (Å²) in [6, 6.07) is 8.51. The first kappa shape index (κ1) is 18.0. The van der Waals surface area contributed by atoms with E-state index in [2.05, 4.69) is 37.2 Å². The van der Waals surface area contributed by atoms with Crippen LogP contribution in [0.4, 0.5) is 0 Å². The first-order chi connectivity index (χ1) is 10.1. The normalized spacial score (nSPS) is 12.9. The Morgan fingerprint density at radius 2 is 1.86 bits per heavy atom. The lowest BCUT2D eigenvalue weighted by Gasteiger charge is -2.28. The molecule has 1 aromatic carbocycles. The molecule has 4 heteroatoms. The van der Waals surface area contributed by atoms with Gasteiger partial charge in [0.05, 0.1) is 13.7 Å². The fourth-order valence-corrected chi connectivity index (χ4v) is 2.30. The summed E-state index contributed by atoms with van der Waals surface area (Å²) < 4.78 is 10.8. The third-order valence-corrected chi connectivity index (χ3v) is 3.53. The minimum Gasteiger partial charge on any atom is -0.496 e. The smallest absolute Gasteiger partial charge is 0.123 e. The molecule has 0 saturated carbocycles. The predicted octanol–water partition coefficient (Wildman–Crippen LogP) is 2.39. The molecule has 0 bridgehead atoms. The minimum absolute atomic E-state index is 0.346. The highest BCUT2D eigenvalue weighted by Gasteiger charge is 2.16. The van der Waals surface area contributed by atoms with Crippen molar-refractivity contribution in [3.05, 3.63) is 29.8 Å². The van der Waals surface area contributed by atoms with Gasteiger partial charge < -0.3 is 14.8 Å². The quantitative estimate of drug-likeness (QED) is 0.718. The van der Waals surface area contributed by atoms with Crippen LogP contribution in [-0.4, -0.2) is 51.9 Å². The Morgan fingerprint density at radius 1 is 1.14 bits per heavy atom. The second kappa shape index (κ2) is 9.77. The van der Waals surface area contributed by atoms with Crippen LogP contribution in [0.5, 0.6) is 5.75 Å². The van der Waals surface area contributed by atoms with E-state index in [9.17, 15) is 0 Å². The van der Waals surface area contributed by atoms with Crippen molar-refractivity contribution < 1.29 is 9.47 Å². The zero-order chi connectivity index (χ0) is 15.7. The van der Waals surface area contributed by atoms with Crippen molar-refractivity contribution in [3.63, 3.8) is 0 Å². The number of rotatable bonds is 10. The van der Waals surface area contributed by atoms with E-state index in [1.807, 2.05) is 18.2 Å². The van der Waals surface area contributed by atoms with Crippen molar-refractivity contribution in [2.75, 3.05) is 41.0 Å². The molecule has 1 rings (SSSR count). The molecule has 0 aliphatic carbocycles. The van der Waals surface area contributed by atoms with E-state index in [4.69, 9.17) is 9.47 Å². The average Bonchev–Trinajstić information content (AvgIpc) is 2.46.